The molecule has 1 aliphatic heterocycles. The van der Waals surface area contributed by atoms with Crippen molar-refractivity contribution in [1.82, 2.24) is 9.88 Å². The first-order chi connectivity index (χ1) is 6.86. The van der Waals surface area contributed by atoms with Crippen LogP contribution in [-0.4, -0.2) is 33.0 Å². The van der Waals surface area contributed by atoms with Gasteiger partial charge in [-0.25, -0.2) is 0 Å². The minimum Gasteiger partial charge on any atom is -0.356 e. The Hall–Kier alpha value is -0.610. The van der Waals surface area contributed by atoms with Gasteiger partial charge in [0.25, 0.3) is 0 Å². The number of rotatable bonds is 3. The predicted molar refractivity (Wildman–Crippen MR) is 64.6 cm³/mol. The molecule has 74 valence electrons. The maximum atomic E-state index is 5.23. The van der Waals surface area contributed by atoms with Gasteiger partial charge in [0.1, 0.15) is 4.32 Å². The first-order valence-electron chi connectivity index (χ1n) is 4.67. The average Bonchev–Trinajstić information content (AvgIpc) is 2.63. The normalized spacial score (nSPS) is 16.3. The zero-order valence-electron chi connectivity index (χ0n) is 7.85. The number of aromatic nitrogens is 1. The summed E-state index contributed by atoms with van der Waals surface area (Å²) in [4.78, 5) is 6.27. The van der Waals surface area contributed by atoms with Crippen LogP contribution < -0.4 is 0 Å². The molecule has 4 heteroatoms. The molecular weight excluding hydrogens is 212 g/mol. The Morgan fingerprint density at radius 3 is 2.86 bits per heavy atom. The fourth-order valence-corrected chi connectivity index (χ4v) is 2.73. The van der Waals surface area contributed by atoms with Gasteiger partial charge in [0.05, 0.1) is 0 Å². The van der Waals surface area contributed by atoms with E-state index in [0.717, 1.165) is 29.6 Å². The molecule has 14 heavy (non-hydrogen) atoms. The van der Waals surface area contributed by atoms with Crippen LogP contribution in [0.2, 0.25) is 0 Å². The van der Waals surface area contributed by atoms with Crippen LogP contribution in [0, 0.1) is 0 Å². The molecule has 2 nitrogen and oxygen atoms in total. The zero-order valence-corrected chi connectivity index (χ0v) is 9.48. The van der Waals surface area contributed by atoms with E-state index in [4.69, 9.17) is 12.2 Å². The van der Waals surface area contributed by atoms with E-state index in [-0.39, 0.29) is 0 Å². The third-order valence-corrected chi connectivity index (χ3v) is 3.77. The quantitative estimate of drug-likeness (QED) is 0.729. The monoisotopic (exact) mass is 224 g/mol. The highest BCUT2D eigenvalue weighted by atomic mass is 32.2. The molecule has 2 rings (SSSR count). The van der Waals surface area contributed by atoms with Crippen LogP contribution in [0.1, 0.15) is 5.56 Å². The van der Waals surface area contributed by atoms with Crippen molar-refractivity contribution in [3.63, 3.8) is 0 Å². The molecule has 1 saturated heterocycles. The molecule has 0 radical (unpaired) electrons. The van der Waals surface area contributed by atoms with Gasteiger partial charge in [0.15, 0.2) is 0 Å². The Morgan fingerprint density at radius 1 is 1.43 bits per heavy atom. The van der Waals surface area contributed by atoms with Crippen LogP contribution in [-0.2, 0) is 6.42 Å². The first kappa shape index (κ1) is 9.93. The fraction of sp³-hybridized carbons (Fsp3) is 0.400. The Kier molecular flexibility index (Phi) is 3.37. The van der Waals surface area contributed by atoms with E-state index in [1.807, 2.05) is 12.4 Å². The van der Waals surface area contributed by atoms with Crippen molar-refractivity contribution in [1.29, 1.82) is 0 Å². The molecule has 1 aromatic heterocycles. The molecule has 0 spiro atoms. The van der Waals surface area contributed by atoms with E-state index in [1.54, 1.807) is 11.8 Å². The van der Waals surface area contributed by atoms with Gasteiger partial charge in [0, 0.05) is 31.2 Å². The summed E-state index contributed by atoms with van der Waals surface area (Å²) in [7, 11) is 0. The van der Waals surface area contributed by atoms with E-state index in [2.05, 4.69) is 22.0 Å². The summed E-state index contributed by atoms with van der Waals surface area (Å²) in [6.07, 6.45) is 4.74. The minimum atomic E-state index is 1.04. The molecule has 0 N–H and O–H groups in total. The summed E-state index contributed by atoms with van der Waals surface area (Å²) in [6.45, 7) is 2.14. The number of pyridine rings is 1. The van der Waals surface area contributed by atoms with Gasteiger partial charge in [0.2, 0.25) is 0 Å². The van der Waals surface area contributed by atoms with Gasteiger partial charge in [-0.05, 0) is 24.1 Å². The van der Waals surface area contributed by atoms with Crippen LogP contribution in [0.4, 0.5) is 0 Å². The molecular formula is C10H12N2S2. The highest BCUT2D eigenvalue weighted by Crippen LogP contribution is 2.17. The lowest BCUT2D eigenvalue weighted by atomic mass is 10.2. The summed E-state index contributed by atoms with van der Waals surface area (Å²) in [5, 5.41) is 0. The number of hydrogen-bond donors (Lipinski definition) is 0. The van der Waals surface area contributed by atoms with Gasteiger partial charge < -0.3 is 4.90 Å². The third-order valence-electron chi connectivity index (χ3n) is 2.26. The van der Waals surface area contributed by atoms with Gasteiger partial charge in [-0.1, -0.05) is 24.0 Å². The maximum absolute atomic E-state index is 5.23. The molecule has 0 aliphatic carbocycles. The predicted octanol–water partition coefficient (Wildman–Crippen LogP) is 1.96. The Balaban J connectivity index is 1.85. The standard InChI is InChI=1S/C10H12N2S2/c13-10-12(7-8-14-10)6-3-9-1-4-11-5-2-9/h1-2,4-5H,3,6-8H2. The lowest BCUT2D eigenvalue weighted by Crippen LogP contribution is -2.25. The Morgan fingerprint density at radius 2 is 2.21 bits per heavy atom. The Bertz CT molecular complexity index is 313. The second kappa shape index (κ2) is 4.75. The minimum absolute atomic E-state index is 1.04. The van der Waals surface area contributed by atoms with E-state index >= 15 is 0 Å². The number of thioether (sulfide) groups is 1. The smallest absolute Gasteiger partial charge is 0.136 e. The molecule has 1 aromatic rings. The SMILES string of the molecule is S=C1SCCN1CCc1ccncc1. The van der Waals surface area contributed by atoms with Crippen LogP contribution in [0.3, 0.4) is 0 Å². The van der Waals surface area contributed by atoms with Crippen molar-refractivity contribution in [3.8, 4) is 0 Å². The van der Waals surface area contributed by atoms with Gasteiger partial charge in [-0.15, -0.1) is 0 Å². The second-order valence-corrected chi connectivity index (χ2v) is 4.94. The lowest BCUT2D eigenvalue weighted by Gasteiger charge is -2.16. The summed E-state index contributed by atoms with van der Waals surface area (Å²) >= 11 is 7.02. The molecule has 0 saturated carbocycles. The highest BCUT2D eigenvalue weighted by molar-refractivity contribution is 8.23. The number of hydrogen-bond acceptors (Lipinski definition) is 3. The topological polar surface area (TPSA) is 16.1 Å². The van der Waals surface area contributed by atoms with Crippen molar-refractivity contribution < 1.29 is 0 Å². The van der Waals surface area contributed by atoms with Crippen LogP contribution in [0.5, 0.6) is 0 Å². The van der Waals surface area contributed by atoms with Gasteiger partial charge in [-0.3, -0.25) is 4.98 Å². The first-order valence-corrected chi connectivity index (χ1v) is 6.06. The van der Waals surface area contributed by atoms with Crippen LogP contribution in [0.15, 0.2) is 24.5 Å². The largest absolute Gasteiger partial charge is 0.356 e. The molecule has 1 fully saturated rings. The summed E-state index contributed by atoms with van der Waals surface area (Å²) in [6, 6.07) is 4.12. The van der Waals surface area contributed by atoms with Crippen molar-refractivity contribution in [2.45, 2.75) is 6.42 Å². The number of nitrogens with zero attached hydrogens (tertiary/aromatic N) is 2. The zero-order chi connectivity index (χ0) is 9.80. The molecule has 0 unspecified atom stereocenters. The van der Waals surface area contributed by atoms with E-state index < -0.39 is 0 Å². The lowest BCUT2D eigenvalue weighted by molar-refractivity contribution is 0.472. The van der Waals surface area contributed by atoms with Crippen molar-refractivity contribution in [2.75, 3.05) is 18.8 Å². The average molecular weight is 224 g/mol. The molecule has 2 heterocycles. The summed E-state index contributed by atoms with van der Waals surface area (Å²) in [5.74, 6) is 1.15. The third kappa shape index (κ3) is 2.45. The molecule has 0 aromatic carbocycles. The highest BCUT2D eigenvalue weighted by Gasteiger charge is 2.16. The van der Waals surface area contributed by atoms with E-state index in [0.29, 0.717) is 0 Å². The Labute approximate surface area is 93.7 Å². The van der Waals surface area contributed by atoms with Crippen molar-refractivity contribution >= 4 is 28.3 Å². The van der Waals surface area contributed by atoms with Crippen molar-refractivity contribution in [3.05, 3.63) is 30.1 Å². The molecule has 0 bridgehead atoms. The van der Waals surface area contributed by atoms with Crippen molar-refractivity contribution in [2.24, 2.45) is 0 Å². The molecule has 1 aliphatic rings. The summed E-state index contributed by atoms with van der Waals surface area (Å²) in [5.41, 5.74) is 1.33. The van der Waals surface area contributed by atoms with Gasteiger partial charge in [-0.2, -0.15) is 0 Å². The van der Waals surface area contributed by atoms with Crippen LogP contribution in [0.25, 0.3) is 0 Å². The maximum Gasteiger partial charge on any atom is 0.136 e. The second-order valence-electron chi connectivity index (χ2n) is 3.21. The molecule has 0 atom stereocenters. The molecule has 0 amide bonds. The fourth-order valence-electron chi connectivity index (χ4n) is 1.44. The number of thiocarbonyl (C=S) groups is 1. The van der Waals surface area contributed by atoms with E-state index in [9.17, 15) is 0 Å². The van der Waals surface area contributed by atoms with Crippen LogP contribution >= 0.6 is 24.0 Å². The summed E-state index contributed by atoms with van der Waals surface area (Å²) < 4.78 is 1.05. The van der Waals surface area contributed by atoms with Gasteiger partial charge >= 0.3 is 0 Å². The van der Waals surface area contributed by atoms with E-state index in [1.165, 1.54) is 5.56 Å².